The number of nitrogens with one attached hydrogen (secondary N) is 2. The summed E-state index contributed by atoms with van der Waals surface area (Å²) in [6.07, 6.45) is 1.01. The van der Waals surface area contributed by atoms with Crippen molar-refractivity contribution in [1.29, 1.82) is 0 Å². The molecule has 0 saturated heterocycles. The Balaban J connectivity index is 5.10. The molecule has 0 unspecified atom stereocenters. The number of hydroxylamine groups is 1. The minimum Gasteiger partial charge on any atom is -0.394 e. The highest BCUT2D eigenvalue weighted by atomic mass is 16.5. The summed E-state index contributed by atoms with van der Waals surface area (Å²) >= 11 is 0. The molecule has 2 atom stereocenters. The molecule has 7 heteroatoms. The van der Waals surface area contributed by atoms with Crippen LogP contribution in [0, 0.1) is 5.41 Å². The summed E-state index contributed by atoms with van der Waals surface area (Å²) in [4.78, 5) is 23.7. The molecule has 0 spiro atoms. The summed E-state index contributed by atoms with van der Waals surface area (Å²) in [5.41, 5.74) is -1.47. The number of amides is 2. The van der Waals surface area contributed by atoms with E-state index in [1.807, 2.05) is 27.7 Å². The first-order chi connectivity index (χ1) is 9.13. The molecule has 0 bridgehead atoms. The summed E-state index contributed by atoms with van der Waals surface area (Å²) in [6, 6.07) is -0.616. The molecule has 0 aliphatic heterocycles. The minimum atomic E-state index is -2.34. The van der Waals surface area contributed by atoms with Gasteiger partial charge in [-0.05, 0) is 18.3 Å². The van der Waals surface area contributed by atoms with Gasteiger partial charge < -0.3 is 15.5 Å². The molecular weight excluding hydrogens is 264 g/mol. The number of hydrogen-bond donors (Lipinski definition) is 5. The Hall–Kier alpha value is -1.18. The van der Waals surface area contributed by atoms with E-state index in [0.29, 0.717) is 12.8 Å². The van der Waals surface area contributed by atoms with Crippen LogP contribution < -0.4 is 10.8 Å². The monoisotopic (exact) mass is 290 g/mol. The lowest BCUT2D eigenvalue weighted by atomic mass is 9.86. The van der Waals surface area contributed by atoms with Crippen molar-refractivity contribution in [1.82, 2.24) is 10.8 Å². The number of unbranched alkanes of at least 4 members (excludes halogenated alkanes) is 1. The van der Waals surface area contributed by atoms with Gasteiger partial charge in [-0.25, -0.2) is 5.48 Å². The average Bonchev–Trinajstić information content (AvgIpc) is 2.39. The van der Waals surface area contributed by atoms with E-state index in [9.17, 15) is 19.8 Å². The van der Waals surface area contributed by atoms with Crippen LogP contribution in [0.3, 0.4) is 0 Å². The Morgan fingerprint density at radius 2 is 1.75 bits per heavy atom. The van der Waals surface area contributed by atoms with Gasteiger partial charge in [-0.15, -0.1) is 0 Å². The molecule has 20 heavy (non-hydrogen) atoms. The smallest absolute Gasteiger partial charge is 0.285 e. The van der Waals surface area contributed by atoms with Crippen molar-refractivity contribution in [3.05, 3.63) is 0 Å². The Morgan fingerprint density at radius 1 is 1.20 bits per heavy atom. The van der Waals surface area contributed by atoms with Crippen LogP contribution in [0.25, 0.3) is 0 Å². The Kier molecular flexibility index (Phi) is 7.12. The normalized spacial score (nSPS) is 16.1. The highest BCUT2D eigenvalue weighted by Gasteiger charge is 2.44. The SMILES string of the molecule is CCCC[C@@](O)(C(=O)NO)C(=O)N[C@H](CO)C(C)(C)C. The van der Waals surface area contributed by atoms with E-state index in [1.165, 1.54) is 5.48 Å². The lowest BCUT2D eigenvalue weighted by molar-refractivity contribution is -0.161. The van der Waals surface area contributed by atoms with E-state index < -0.39 is 28.9 Å². The molecule has 5 N–H and O–H groups in total. The summed E-state index contributed by atoms with van der Waals surface area (Å²) in [6.45, 7) is 6.96. The van der Waals surface area contributed by atoms with Gasteiger partial charge >= 0.3 is 0 Å². The molecule has 0 saturated carbocycles. The zero-order chi connectivity index (χ0) is 16.0. The molecule has 0 aromatic rings. The van der Waals surface area contributed by atoms with Crippen LogP contribution in [-0.4, -0.2) is 45.5 Å². The van der Waals surface area contributed by atoms with E-state index in [-0.39, 0.29) is 13.0 Å². The molecule has 2 amide bonds. The quantitative estimate of drug-likeness (QED) is 0.256. The van der Waals surface area contributed by atoms with Crippen molar-refractivity contribution >= 4 is 11.8 Å². The molecule has 0 aliphatic rings. The topological polar surface area (TPSA) is 119 Å². The van der Waals surface area contributed by atoms with Gasteiger partial charge in [0.2, 0.25) is 5.60 Å². The first-order valence-corrected chi connectivity index (χ1v) is 6.72. The molecule has 0 rings (SSSR count). The number of carbonyl (C=O) groups excluding carboxylic acids is 2. The van der Waals surface area contributed by atoms with Crippen molar-refractivity contribution in [2.75, 3.05) is 6.61 Å². The molecule has 0 fully saturated rings. The molecular formula is C13H26N2O5. The van der Waals surface area contributed by atoms with Gasteiger partial charge in [-0.3, -0.25) is 14.8 Å². The van der Waals surface area contributed by atoms with Gasteiger partial charge in [-0.2, -0.15) is 0 Å². The summed E-state index contributed by atoms with van der Waals surface area (Å²) < 4.78 is 0. The van der Waals surface area contributed by atoms with Crippen molar-refractivity contribution in [2.24, 2.45) is 5.41 Å². The second-order valence-electron chi connectivity index (χ2n) is 5.98. The van der Waals surface area contributed by atoms with Gasteiger partial charge in [0.1, 0.15) is 0 Å². The zero-order valence-corrected chi connectivity index (χ0v) is 12.6. The fourth-order valence-corrected chi connectivity index (χ4v) is 1.67. The van der Waals surface area contributed by atoms with E-state index in [2.05, 4.69) is 5.32 Å². The number of hydrogen-bond acceptors (Lipinski definition) is 5. The molecule has 0 aromatic carbocycles. The third kappa shape index (κ3) is 4.73. The second kappa shape index (κ2) is 7.56. The number of aliphatic hydroxyl groups is 2. The Morgan fingerprint density at radius 3 is 2.10 bits per heavy atom. The third-order valence-electron chi connectivity index (χ3n) is 3.28. The standard InChI is InChI=1S/C13H26N2O5/c1-5-6-7-13(19,11(18)15-20)10(17)14-9(8-16)12(2,3)4/h9,16,19-20H,5-8H2,1-4H3,(H,14,17)(H,15,18)/t9-,13+/m1/s1. The van der Waals surface area contributed by atoms with Crippen molar-refractivity contribution in [2.45, 2.75) is 58.6 Å². The summed E-state index contributed by atoms with van der Waals surface area (Å²) in [5, 5.41) is 30.7. The fourth-order valence-electron chi connectivity index (χ4n) is 1.67. The molecule has 0 heterocycles. The van der Waals surface area contributed by atoms with Gasteiger partial charge in [0.05, 0.1) is 12.6 Å². The van der Waals surface area contributed by atoms with Gasteiger partial charge in [0.15, 0.2) is 0 Å². The van der Waals surface area contributed by atoms with Crippen LogP contribution in [0.2, 0.25) is 0 Å². The van der Waals surface area contributed by atoms with E-state index in [4.69, 9.17) is 5.21 Å². The van der Waals surface area contributed by atoms with E-state index >= 15 is 0 Å². The van der Waals surface area contributed by atoms with Crippen LogP contribution in [0.15, 0.2) is 0 Å². The van der Waals surface area contributed by atoms with Crippen LogP contribution >= 0.6 is 0 Å². The lowest BCUT2D eigenvalue weighted by Crippen LogP contribution is -2.60. The second-order valence-corrected chi connectivity index (χ2v) is 5.98. The highest BCUT2D eigenvalue weighted by Crippen LogP contribution is 2.21. The predicted octanol–water partition coefficient (Wildman–Crippen LogP) is -0.0637. The Bertz CT molecular complexity index is 340. The van der Waals surface area contributed by atoms with Crippen molar-refractivity contribution in [3.8, 4) is 0 Å². The van der Waals surface area contributed by atoms with Gasteiger partial charge in [-0.1, -0.05) is 34.1 Å². The number of carbonyl (C=O) groups is 2. The van der Waals surface area contributed by atoms with Crippen molar-refractivity contribution in [3.63, 3.8) is 0 Å². The maximum Gasteiger partial charge on any atom is 0.285 e. The summed E-state index contributed by atoms with van der Waals surface area (Å²) in [7, 11) is 0. The first kappa shape index (κ1) is 18.8. The average molecular weight is 290 g/mol. The van der Waals surface area contributed by atoms with Crippen LogP contribution in [0.1, 0.15) is 47.0 Å². The third-order valence-corrected chi connectivity index (χ3v) is 3.28. The van der Waals surface area contributed by atoms with Gasteiger partial charge in [0.25, 0.3) is 11.8 Å². The van der Waals surface area contributed by atoms with Crippen LogP contribution in [0.5, 0.6) is 0 Å². The summed E-state index contributed by atoms with van der Waals surface area (Å²) in [5.74, 6) is -2.10. The molecule has 0 aliphatic carbocycles. The van der Waals surface area contributed by atoms with Crippen molar-refractivity contribution < 1.29 is 25.0 Å². The largest absolute Gasteiger partial charge is 0.394 e. The number of aliphatic hydroxyl groups excluding tert-OH is 1. The predicted molar refractivity (Wildman–Crippen MR) is 72.9 cm³/mol. The van der Waals surface area contributed by atoms with Crippen LogP contribution in [-0.2, 0) is 9.59 Å². The van der Waals surface area contributed by atoms with Gasteiger partial charge in [0, 0.05) is 0 Å². The molecule has 0 aromatic heterocycles. The number of rotatable bonds is 7. The highest BCUT2D eigenvalue weighted by molar-refractivity contribution is 6.07. The molecule has 118 valence electrons. The molecule has 0 radical (unpaired) electrons. The lowest BCUT2D eigenvalue weighted by Gasteiger charge is -2.33. The fraction of sp³-hybridized carbons (Fsp3) is 0.846. The maximum absolute atomic E-state index is 12.1. The van der Waals surface area contributed by atoms with E-state index in [0.717, 1.165) is 0 Å². The zero-order valence-electron chi connectivity index (χ0n) is 12.6. The maximum atomic E-state index is 12.1. The Labute approximate surface area is 119 Å². The molecule has 7 nitrogen and oxygen atoms in total. The minimum absolute atomic E-state index is 0.107. The first-order valence-electron chi connectivity index (χ1n) is 6.72. The van der Waals surface area contributed by atoms with Crippen LogP contribution in [0.4, 0.5) is 0 Å². The van der Waals surface area contributed by atoms with E-state index in [1.54, 1.807) is 0 Å².